The average molecular weight is 806 g/mol. The Morgan fingerprint density at radius 1 is 0.421 bits per heavy atom. The maximum atomic E-state index is 12.5. The van der Waals surface area contributed by atoms with Crippen LogP contribution < -0.4 is 5.32 Å². The van der Waals surface area contributed by atoms with Crippen molar-refractivity contribution in [1.82, 2.24) is 5.32 Å². The first-order valence-electron chi connectivity index (χ1n) is 26.0. The average Bonchev–Trinajstić information content (AvgIpc) is 3.22. The molecular formula is C52H103NO4. The van der Waals surface area contributed by atoms with Gasteiger partial charge in [-0.05, 0) is 38.5 Å². The molecule has 0 spiro atoms. The minimum absolute atomic E-state index is 0.149. The molecule has 340 valence electrons. The molecule has 0 radical (unpaired) electrons. The van der Waals surface area contributed by atoms with Crippen molar-refractivity contribution in [3.8, 4) is 0 Å². The van der Waals surface area contributed by atoms with Crippen molar-refractivity contribution in [3.05, 3.63) is 12.2 Å². The third-order valence-corrected chi connectivity index (χ3v) is 12.4. The molecular weight excluding hydrogens is 703 g/mol. The summed E-state index contributed by atoms with van der Waals surface area (Å²) in [6.07, 6.45) is 58.0. The highest BCUT2D eigenvalue weighted by Crippen LogP contribution is 2.18. The van der Waals surface area contributed by atoms with Crippen molar-refractivity contribution in [2.24, 2.45) is 0 Å². The molecule has 0 rings (SSSR count). The van der Waals surface area contributed by atoms with Crippen LogP contribution in [0.2, 0.25) is 0 Å². The molecule has 0 saturated carbocycles. The summed E-state index contributed by atoms with van der Waals surface area (Å²) in [5, 5.41) is 33.5. The van der Waals surface area contributed by atoms with Gasteiger partial charge in [0.05, 0.1) is 18.8 Å². The summed E-state index contributed by atoms with van der Waals surface area (Å²) in [6.45, 7) is 4.18. The predicted molar refractivity (Wildman–Crippen MR) is 250 cm³/mol. The van der Waals surface area contributed by atoms with Crippen molar-refractivity contribution in [3.63, 3.8) is 0 Å². The topological polar surface area (TPSA) is 89.8 Å². The quantitative estimate of drug-likeness (QED) is 0.0364. The number of hydrogen-bond donors (Lipinski definition) is 4. The fraction of sp³-hybridized carbons (Fsp3) is 0.942. The summed E-state index contributed by atoms with van der Waals surface area (Å²) in [5.41, 5.74) is 0. The van der Waals surface area contributed by atoms with E-state index in [9.17, 15) is 20.1 Å². The van der Waals surface area contributed by atoms with E-state index in [1.807, 2.05) is 0 Å². The van der Waals surface area contributed by atoms with Gasteiger partial charge in [0.15, 0.2) is 0 Å². The van der Waals surface area contributed by atoms with Gasteiger partial charge in [-0.1, -0.05) is 257 Å². The van der Waals surface area contributed by atoms with Gasteiger partial charge in [-0.2, -0.15) is 0 Å². The normalized spacial score (nSPS) is 13.4. The summed E-state index contributed by atoms with van der Waals surface area (Å²) >= 11 is 0. The van der Waals surface area contributed by atoms with Crippen LogP contribution in [0.15, 0.2) is 12.2 Å². The summed E-state index contributed by atoms with van der Waals surface area (Å²) in [5.74, 6) is -0.149. The van der Waals surface area contributed by atoms with Crippen LogP contribution in [0.25, 0.3) is 0 Å². The highest BCUT2D eigenvalue weighted by Gasteiger charge is 2.26. The number of nitrogens with one attached hydrogen (secondary N) is 1. The van der Waals surface area contributed by atoms with Crippen molar-refractivity contribution in [2.75, 3.05) is 6.61 Å². The van der Waals surface area contributed by atoms with Crippen LogP contribution in [0.1, 0.15) is 290 Å². The molecule has 0 aromatic carbocycles. The second-order valence-corrected chi connectivity index (χ2v) is 18.1. The van der Waals surface area contributed by atoms with Crippen LogP contribution in [0.4, 0.5) is 0 Å². The molecule has 3 atom stereocenters. The molecule has 0 fully saturated rings. The van der Waals surface area contributed by atoms with Gasteiger partial charge in [-0.3, -0.25) is 4.79 Å². The van der Waals surface area contributed by atoms with Crippen LogP contribution >= 0.6 is 0 Å². The zero-order valence-corrected chi connectivity index (χ0v) is 38.7. The molecule has 0 aliphatic carbocycles. The number of hydrogen-bond acceptors (Lipinski definition) is 4. The van der Waals surface area contributed by atoms with Gasteiger partial charge in [0.1, 0.15) is 6.10 Å². The lowest BCUT2D eigenvalue weighted by Gasteiger charge is -2.26. The molecule has 3 unspecified atom stereocenters. The monoisotopic (exact) mass is 806 g/mol. The molecule has 0 aliphatic rings. The van der Waals surface area contributed by atoms with Crippen LogP contribution in [0, 0.1) is 0 Å². The Morgan fingerprint density at radius 2 is 0.702 bits per heavy atom. The lowest BCUT2D eigenvalue weighted by molar-refractivity contribution is -0.124. The highest BCUT2D eigenvalue weighted by molar-refractivity contribution is 5.76. The minimum atomic E-state index is -1.15. The number of carbonyl (C=O) groups is 1. The van der Waals surface area contributed by atoms with Gasteiger partial charge in [-0.15, -0.1) is 0 Å². The van der Waals surface area contributed by atoms with E-state index in [1.165, 1.54) is 225 Å². The fourth-order valence-electron chi connectivity index (χ4n) is 8.34. The molecule has 0 aromatic heterocycles. The van der Waals surface area contributed by atoms with Crippen molar-refractivity contribution in [1.29, 1.82) is 0 Å². The van der Waals surface area contributed by atoms with Gasteiger partial charge in [-0.25, -0.2) is 0 Å². The third kappa shape index (κ3) is 43.0. The molecule has 0 heterocycles. The summed E-state index contributed by atoms with van der Waals surface area (Å²) < 4.78 is 0. The lowest BCUT2D eigenvalue weighted by atomic mass is 10.0. The first-order valence-corrected chi connectivity index (χ1v) is 26.0. The Hall–Kier alpha value is -0.910. The molecule has 0 saturated heterocycles. The second-order valence-electron chi connectivity index (χ2n) is 18.1. The van der Waals surface area contributed by atoms with Crippen LogP contribution in [0.5, 0.6) is 0 Å². The number of allylic oxidation sites excluding steroid dienone is 2. The number of aliphatic hydroxyl groups excluding tert-OH is 3. The largest absolute Gasteiger partial charge is 0.394 e. The lowest BCUT2D eigenvalue weighted by Crippen LogP contribution is -2.50. The molecule has 4 N–H and O–H groups in total. The summed E-state index contributed by atoms with van der Waals surface area (Å²) in [6, 6.07) is -0.821. The molecule has 57 heavy (non-hydrogen) atoms. The number of aliphatic hydroxyl groups is 3. The molecule has 5 heteroatoms. The number of amides is 1. The van der Waals surface area contributed by atoms with E-state index in [4.69, 9.17) is 0 Å². The molecule has 0 bridgehead atoms. The van der Waals surface area contributed by atoms with E-state index in [0.29, 0.717) is 12.8 Å². The Balaban J connectivity index is 3.46. The van der Waals surface area contributed by atoms with Gasteiger partial charge < -0.3 is 20.6 Å². The fourth-order valence-corrected chi connectivity index (χ4v) is 8.34. The van der Waals surface area contributed by atoms with E-state index < -0.39 is 18.2 Å². The second kappa shape index (κ2) is 47.8. The third-order valence-electron chi connectivity index (χ3n) is 12.4. The molecule has 0 aliphatic heterocycles. The van der Waals surface area contributed by atoms with Gasteiger partial charge >= 0.3 is 0 Å². The molecule has 1 amide bonds. The number of rotatable bonds is 48. The first-order chi connectivity index (χ1) is 28.1. The minimum Gasteiger partial charge on any atom is -0.394 e. The van der Waals surface area contributed by atoms with Gasteiger partial charge in [0.2, 0.25) is 5.91 Å². The predicted octanol–water partition coefficient (Wildman–Crippen LogP) is 15.6. The van der Waals surface area contributed by atoms with E-state index in [1.54, 1.807) is 0 Å². The number of unbranched alkanes of at least 4 members (excludes halogenated alkanes) is 38. The van der Waals surface area contributed by atoms with Crippen LogP contribution in [-0.4, -0.2) is 46.1 Å². The number of carbonyl (C=O) groups excluding carboxylic acids is 1. The first kappa shape index (κ1) is 56.1. The SMILES string of the molecule is CCCCCCCCC/C=C/CCCC(O)C(O)C(CO)NC(=O)CCCCCCCCCCCCCCCCCCCCCCCCCCCCCCCCC. The van der Waals surface area contributed by atoms with Crippen molar-refractivity contribution >= 4 is 5.91 Å². The van der Waals surface area contributed by atoms with E-state index in [-0.39, 0.29) is 12.5 Å². The Bertz CT molecular complexity index is 803. The Kier molecular flexibility index (Phi) is 47.0. The Morgan fingerprint density at radius 3 is 1.02 bits per heavy atom. The Labute approximate surface area is 357 Å². The highest BCUT2D eigenvalue weighted by atomic mass is 16.3. The summed E-state index contributed by atoms with van der Waals surface area (Å²) in [4.78, 5) is 12.5. The summed E-state index contributed by atoms with van der Waals surface area (Å²) in [7, 11) is 0. The zero-order chi connectivity index (χ0) is 41.5. The van der Waals surface area contributed by atoms with Gasteiger partial charge in [0.25, 0.3) is 0 Å². The molecule has 0 aromatic rings. The molecule has 5 nitrogen and oxygen atoms in total. The zero-order valence-electron chi connectivity index (χ0n) is 38.7. The van der Waals surface area contributed by atoms with Crippen molar-refractivity contribution < 1.29 is 20.1 Å². The smallest absolute Gasteiger partial charge is 0.220 e. The van der Waals surface area contributed by atoms with Crippen LogP contribution in [0.3, 0.4) is 0 Å². The van der Waals surface area contributed by atoms with E-state index in [0.717, 1.165) is 38.5 Å². The van der Waals surface area contributed by atoms with E-state index >= 15 is 0 Å². The van der Waals surface area contributed by atoms with E-state index in [2.05, 4.69) is 31.3 Å². The maximum Gasteiger partial charge on any atom is 0.220 e. The van der Waals surface area contributed by atoms with Crippen molar-refractivity contribution in [2.45, 2.75) is 308 Å². The van der Waals surface area contributed by atoms with Gasteiger partial charge in [0, 0.05) is 6.42 Å². The standard InChI is InChI=1S/C52H103NO4/c1-3-5-7-9-11-13-15-17-18-19-20-21-22-23-24-25-26-27-28-29-30-31-32-33-34-35-37-39-41-43-45-47-51(56)53-49(48-54)52(57)50(55)46-44-42-40-38-36-16-14-12-10-8-6-4-2/h38,40,49-50,52,54-55,57H,3-37,39,41-48H2,1-2H3,(H,53,56)/b40-38+. The van der Waals surface area contributed by atoms with Crippen LogP contribution in [-0.2, 0) is 4.79 Å². The maximum absolute atomic E-state index is 12.5.